The van der Waals surface area contributed by atoms with E-state index in [9.17, 15) is 19.7 Å². The monoisotopic (exact) mass is 330 g/mol. The van der Waals surface area contributed by atoms with Gasteiger partial charge in [-0.05, 0) is 13.8 Å². The SMILES string of the molecule is CC1NCCN(C(=O)Cn2cc([N+](=O)[O-])ccc2=O)C1C.Cl. The molecule has 22 heavy (non-hydrogen) atoms. The predicted octanol–water partition coefficient (Wildman–Crippen LogP) is 0.387. The second-order valence-corrected chi connectivity index (χ2v) is 5.18. The van der Waals surface area contributed by atoms with Crippen molar-refractivity contribution in [1.82, 2.24) is 14.8 Å². The van der Waals surface area contributed by atoms with E-state index in [1.165, 1.54) is 0 Å². The van der Waals surface area contributed by atoms with Crippen LogP contribution >= 0.6 is 12.4 Å². The molecule has 1 aromatic rings. The minimum Gasteiger partial charge on any atom is -0.336 e. The van der Waals surface area contributed by atoms with Gasteiger partial charge in [-0.1, -0.05) is 0 Å². The average molecular weight is 331 g/mol. The molecule has 0 spiro atoms. The number of nitrogens with zero attached hydrogens (tertiary/aromatic N) is 3. The van der Waals surface area contributed by atoms with E-state index in [0.717, 1.165) is 22.9 Å². The van der Waals surface area contributed by atoms with Crippen LogP contribution in [0.3, 0.4) is 0 Å². The maximum absolute atomic E-state index is 12.3. The summed E-state index contributed by atoms with van der Waals surface area (Å²) in [6.07, 6.45) is 1.11. The number of amides is 1. The first-order valence-corrected chi connectivity index (χ1v) is 6.78. The van der Waals surface area contributed by atoms with E-state index in [2.05, 4.69) is 5.32 Å². The van der Waals surface area contributed by atoms with Crippen molar-refractivity contribution >= 4 is 24.0 Å². The number of piperazine rings is 1. The van der Waals surface area contributed by atoms with Gasteiger partial charge in [0.25, 0.3) is 11.2 Å². The molecule has 0 aromatic carbocycles. The van der Waals surface area contributed by atoms with Crippen molar-refractivity contribution in [3.05, 3.63) is 38.8 Å². The molecule has 1 aromatic heterocycles. The molecular weight excluding hydrogens is 312 g/mol. The molecule has 0 aliphatic carbocycles. The Labute approximate surface area is 133 Å². The van der Waals surface area contributed by atoms with E-state index in [-0.39, 0.29) is 42.6 Å². The summed E-state index contributed by atoms with van der Waals surface area (Å²) in [5.74, 6) is -0.210. The Morgan fingerprint density at radius 3 is 2.77 bits per heavy atom. The van der Waals surface area contributed by atoms with Crippen LogP contribution in [0.1, 0.15) is 13.8 Å². The maximum Gasteiger partial charge on any atom is 0.285 e. The zero-order chi connectivity index (χ0) is 15.6. The smallest absolute Gasteiger partial charge is 0.285 e. The highest BCUT2D eigenvalue weighted by Gasteiger charge is 2.28. The van der Waals surface area contributed by atoms with Gasteiger partial charge in [0, 0.05) is 37.3 Å². The summed E-state index contributed by atoms with van der Waals surface area (Å²) in [5.41, 5.74) is -0.631. The van der Waals surface area contributed by atoms with Crippen LogP contribution in [0, 0.1) is 10.1 Å². The topological polar surface area (TPSA) is 97.5 Å². The van der Waals surface area contributed by atoms with E-state index < -0.39 is 10.5 Å². The fourth-order valence-electron chi connectivity index (χ4n) is 2.40. The molecule has 1 aliphatic heterocycles. The lowest BCUT2D eigenvalue weighted by Gasteiger charge is -2.38. The van der Waals surface area contributed by atoms with Gasteiger partial charge in [-0.2, -0.15) is 0 Å². The summed E-state index contributed by atoms with van der Waals surface area (Å²) < 4.78 is 1.08. The van der Waals surface area contributed by atoms with E-state index in [1.54, 1.807) is 4.90 Å². The summed E-state index contributed by atoms with van der Waals surface area (Å²) in [4.78, 5) is 35.9. The first-order valence-electron chi connectivity index (χ1n) is 6.78. The molecule has 122 valence electrons. The molecule has 0 bridgehead atoms. The second kappa shape index (κ2) is 7.37. The summed E-state index contributed by atoms with van der Waals surface area (Å²) in [6, 6.07) is 2.43. The molecule has 8 nitrogen and oxygen atoms in total. The Morgan fingerprint density at radius 1 is 1.45 bits per heavy atom. The lowest BCUT2D eigenvalue weighted by Crippen LogP contribution is -2.58. The van der Waals surface area contributed by atoms with Crippen molar-refractivity contribution in [2.75, 3.05) is 13.1 Å². The van der Waals surface area contributed by atoms with Crippen LogP contribution in [-0.4, -0.2) is 45.5 Å². The normalized spacial score (nSPS) is 21.1. The number of halogens is 1. The number of nitro groups is 1. The zero-order valence-electron chi connectivity index (χ0n) is 12.4. The minimum absolute atomic E-state index is 0. The first kappa shape index (κ1) is 18.1. The van der Waals surface area contributed by atoms with Crippen molar-refractivity contribution in [2.45, 2.75) is 32.5 Å². The lowest BCUT2D eigenvalue weighted by atomic mass is 10.1. The number of rotatable bonds is 3. The van der Waals surface area contributed by atoms with Gasteiger partial charge in [-0.3, -0.25) is 24.3 Å². The molecule has 2 atom stereocenters. The van der Waals surface area contributed by atoms with Crippen LogP contribution in [0.5, 0.6) is 0 Å². The maximum atomic E-state index is 12.3. The van der Waals surface area contributed by atoms with Gasteiger partial charge >= 0.3 is 0 Å². The van der Waals surface area contributed by atoms with Gasteiger partial charge < -0.3 is 10.2 Å². The predicted molar refractivity (Wildman–Crippen MR) is 83.2 cm³/mol. The third kappa shape index (κ3) is 3.83. The molecule has 1 saturated heterocycles. The van der Waals surface area contributed by atoms with Crippen LogP contribution in [0.2, 0.25) is 0 Å². The van der Waals surface area contributed by atoms with Gasteiger partial charge in [0.15, 0.2) is 0 Å². The average Bonchev–Trinajstić information content (AvgIpc) is 2.43. The summed E-state index contributed by atoms with van der Waals surface area (Å²) in [6.45, 7) is 5.00. The van der Waals surface area contributed by atoms with Crippen LogP contribution in [0.15, 0.2) is 23.1 Å². The summed E-state index contributed by atoms with van der Waals surface area (Å²) in [5, 5.41) is 14.0. The second-order valence-electron chi connectivity index (χ2n) is 5.18. The third-order valence-corrected chi connectivity index (χ3v) is 3.84. The number of hydrogen-bond acceptors (Lipinski definition) is 5. The van der Waals surface area contributed by atoms with E-state index in [1.807, 2.05) is 13.8 Å². The number of hydrogen-bond donors (Lipinski definition) is 1. The van der Waals surface area contributed by atoms with Crippen LogP contribution in [0.4, 0.5) is 5.69 Å². The van der Waals surface area contributed by atoms with Crippen molar-refractivity contribution in [1.29, 1.82) is 0 Å². The van der Waals surface area contributed by atoms with Crippen molar-refractivity contribution in [3.63, 3.8) is 0 Å². The van der Waals surface area contributed by atoms with Gasteiger partial charge in [0.2, 0.25) is 5.91 Å². The Kier molecular flexibility index (Phi) is 6.07. The minimum atomic E-state index is -0.587. The number of aromatic nitrogens is 1. The van der Waals surface area contributed by atoms with Crippen molar-refractivity contribution < 1.29 is 9.72 Å². The molecule has 1 N–H and O–H groups in total. The first-order chi connectivity index (χ1) is 9.90. The molecule has 1 fully saturated rings. The Balaban J connectivity index is 0.00000242. The van der Waals surface area contributed by atoms with Gasteiger partial charge in [-0.25, -0.2) is 0 Å². The van der Waals surface area contributed by atoms with Crippen molar-refractivity contribution in [2.24, 2.45) is 0 Å². The molecule has 1 aliphatic rings. The van der Waals surface area contributed by atoms with Crippen LogP contribution < -0.4 is 10.9 Å². The molecule has 0 radical (unpaired) electrons. The highest BCUT2D eigenvalue weighted by atomic mass is 35.5. The zero-order valence-corrected chi connectivity index (χ0v) is 13.2. The van der Waals surface area contributed by atoms with E-state index >= 15 is 0 Å². The summed E-state index contributed by atoms with van der Waals surface area (Å²) >= 11 is 0. The molecule has 9 heteroatoms. The molecule has 2 rings (SSSR count). The fourth-order valence-corrected chi connectivity index (χ4v) is 2.40. The largest absolute Gasteiger partial charge is 0.336 e. The molecule has 1 amide bonds. The Hall–Kier alpha value is -1.93. The Morgan fingerprint density at radius 2 is 2.14 bits per heavy atom. The molecular formula is C13H19ClN4O4. The van der Waals surface area contributed by atoms with Gasteiger partial charge in [0.05, 0.1) is 11.1 Å². The number of nitrogens with one attached hydrogen (secondary N) is 1. The summed E-state index contributed by atoms with van der Waals surface area (Å²) in [7, 11) is 0. The van der Waals surface area contributed by atoms with Crippen LogP contribution in [-0.2, 0) is 11.3 Å². The van der Waals surface area contributed by atoms with E-state index in [0.29, 0.717) is 13.1 Å². The lowest BCUT2D eigenvalue weighted by molar-refractivity contribution is -0.385. The highest BCUT2D eigenvalue weighted by molar-refractivity contribution is 5.85. The van der Waals surface area contributed by atoms with Crippen LogP contribution in [0.25, 0.3) is 0 Å². The van der Waals surface area contributed by atoms with E-state index in [4.69, 9.17) is 0 Å². The molecule has 0 saturated carbocycles. The fraction of sp³-hybridized carbons (Fsp3) is 0.538. The quantitative estimate of drug-likeness (QED) is 0.638. The number of carbonyl (C=O) groups is 1. The Bertz CT molecular complexity index is 618. The number of carbonyl (C=O) groups excluding carboxylic acids is 1. The van der Waals surface area contributed by atoms with Gasteiger partial charge in [0.1, 0.15) is 6.54 Å². The molecule has 2 heterocycles. The number of pyridine rings is 1. The third-order valence-electron chi connectivity index (χ3n) is 3.84. The van der Waals surface area contributed by atoms with Crippen molar-refractivity contribution in [3.8, 4) is 0 Å². The standard InChI is InChI=1S/C13H18N4O4.ClH/c1-9-10(2)16(6-5-14-9)13(19)8-15-7-11(17(20)21)3-4-12(15)18;/h3-4,7,9-10,14H,5-6,8H2,1-2H3;1H. The van der Waals surface area contributed by atoms with Gasteiger partial charge in [-0.15, -0.1) is 12.4 Å². The highest BCUT2D eigenvalue weighted by Crippen LogP contribution is 2.11. The molecule has 2 unspecified atom stereocenters.